The van der Waals surface area contributed by atoms with Crippen molar-refractivity contribution < 1.29 is 14.6 Å². The number of halogens is 1. The van der Waals surface area contributed by atoms with Crippen molar-refractivity contribution in [3.8, 4) is 16.9 Å². The number of amides is 1. The number of fused-ring (bicyclic) bond motifs is 1. The number of phenolic OH excluding ortho intramolecular Hbond substituents is 1. The number of carbonyl (C=O) groups is 1. The smallest absolute Gasteiger partial charge is 0.410 e. The first kappa shape index (κ1) is 27.4. The van der Waals surface area contributed by atoms with Crippen LogP contribution in [0.15, 0.2) is 48.5 Å². The SMILES string of the molecule is CN1CCC[C@H]1CNc1cc(-c2cc(O)cc3ccccc23)c(Cl)cc1NCC1CN(C(=O)OC(C)(C)C)C1. The average Bonchev–Trinajstić information content (AvgIpc) is 3.25. The lowest BCUT2D eigenvalue weighted by Crippen LogP contribution is -2.53. The lowest BCUT2D eigenvalue weighted by molar-refractivity contribution is 0.000844. The molecule has 0 bridgehead atoms. The van der Waals surface area contributed by atoms with E-state index in [-0.39, 0.29) is 11.8 Å². The summed E-state index contributed by atoms with van der Waals surface area (Å²) in [4.78, 5) is 16.5. The molecule has 7 nitrogen and oxygen atoms in total. The Bertz CT molecular complexity index is 1350. The number of carbonyl (C=O) groups excluding carboxylic acids is 1. The van der Waals surface area contributed by atoms with E-state index in [1.807, 2.05) is 45.0 Å². The largest absolute Gasteiger partial charge is 0.508 e. The van der Waals surface area contributed by atoms with Gasteiger partial charge in [-0.15, -0.1) is 0 Å². The van der Waals surface area contributed by atoms with E-state index in [4.69, 9.17) is 16.3 Å². The molecule has 1 amide bonds. The molecule has 3 N–H and O–H groups in total. The van der Waals surface area contributed by atoms with Gasteiger partial charge in [0, 0.05) is 43.7 Å². The van der Waals surface area contributed by atoms with Crippen molar-refractivity contribution in [3.05, 3.63) is 53.6 Å². The molecule has 2 heterocycles. The van der Waals surface area contributed by atoms with Gasteiger partial charge in [-0.3, -0.25) is 0 Å². The molecule has 0 unspecified atom stereocenters. The first-order chi connectivity index (χ1) is 18.6. The van der Waals surface area contributed by atoms with Crippen LogP contribution in [0.3, 0.4) is 0 Å². The number of benzene rings is 3. The second-order valence-electron chi connectivity index (χ2n) is 11.9. The molecule has 1 atom stereocenters. The van der Waals surface area contributed by atoms with Crippen molar-refractivity contribution in [2.24, 2.45) is 5.92 Å². The predicted molar refractivity (Wildman–Crippen MR) is 160 cm³/mol. The van der Waals surface area contributed by atoms with Crippen LogP contribution in [-0.4, -0.2) is 72.4 Å². The molecule has 8 heteroatoms. The molecule has 3 aromatic carbocycles. The van der Waals surface area contributed by atoms with E-state index in [1.165, 1.54) is 12.8 Å². The monoisotopic (exact) mass is 550 g/mol. The van der Waals surface area contributed by atoms with Crippen LogP contribution >= 0.6 is 11.6 Å². The molecule has 208 valence electrons. The summed E-state index contributed by atoms with van der Waals surface area (Å²) in [5, 5.41) is 20.3. The fourth-order valence-corrected chi connectivity index (χ4v) is 5.75. The van der Waals surface area contributed by atoms with Crippen LogP contribution in [0.25, 0.3) is 21.9 Å². The number of anilines is 2. The standard InChI is InChI=1S/C31H39ClN4O3/c1-31(2,3)39-30(38)36-18-20(19-36)16-33-29-15-27(32)26(14-28(29)34-17-22-9-7-11-35(22)4)25-13-23(37)12-21-8-5-6-10-24(21)25/h5-6,8,10,12-15,20,22,33-34,37H,7,9,11,16-19H2,1-4H3/t22-/m0/s1. The molecular weight excluding hydrogens is 512 g/mol. The van der Waals surface area contributed by atoms with Crippen molar-refractivity contribution in [1.29, 1.82) is 0 Å². The fraction of sp³-hybridized carbons (Fsp3) is 0.452. The Kier molecular flexibility index (Phi) is 7.83. The number of aromatic hydroxyl groups is 1. The number of phenols is 1. The van der Waals surface area contributed by atoms with Crippen LogP contribution < -0.4 is 10.6 Å². The van der Waals surface area contributed by atoms with E-state index in [1.54, 1.807) is 17.0 Å². The summed E-state index contributed by atoms with van der Waals surface area (Å²) >= 11 is 6.90. The maximum Gasteiger partial charge on any atom is 0.410 e. The number of hydrogen-bond acceptors (Lipinski definition) is 6. The van der Waals surface area contributed by atoms with Crippen LogP contribution in [0, 0.1) is 5.92 Å². The maximum absolute atomic E-state index is 12.3. The van der Waals surface area contributed by atoms with Gasteiger partial charge in [-0.05, 0) is 87.8 Å². The predicted octanol–water partition coefficient (Wildman–Crippen LogP) is 6.65. The molecule has 0 saturated carbocycles. The normalized spacial score (nSPS) is 18.3. The quantitative estimate of drug-likeness (QED) is 0.306. The number of likely N-dealkylation sites (tertiary alicyclic amines) is 2. The van der Waals surface area contributed by atoms with Gasteiger partial charge in [0.15, 0.2) is 0 Å². The molecule has 2 saturated heterocycles. The number of likely N-dealkylation sites (N-methyl/N-ethyl adjacent to an activating group) is 1. The topological polar surface area (TPSA) is 77.1 Å². The van der Waals surface area contributed by atoms with Gasteiger partial charge in [-0.25, -0.2) is 4.79 Å². The Morgan fingerprint density at radius 2 is 1.77 bits per heavy atom. The second kappa shape index (κ2) is 11.1. The van der Waals surface area contributed by atoms with Gasteiger partial charge in [-0.2, -0.15) is 0 Å². The number of nitrogens with one attached hydrogen (secondary N) is 2. The van der Waals surface area contributed by atoms with Crippen LogP contribution in [0.4, 0.5) is 16.2 Å². The van der Waals surface area contributed by atoms with Crippen LogP contribution in [-0.2, 0) is 4.74 Å². The average molecular weight is 551 g/mol. The van der Waals surface area contributed by atoms with Gasteiger partial charge in [0.1, 0.15) is 11.4 Å². The summed E-state index contributed by atoms with van der Waals surface area (Å²) in [6.07, 6.45) is 2.13. The van der Waals surface area contributed by atoms with Gasteiger partial charge in [0.2, 0.25) is 0 Å². The molecule has 0 radical (unpaired) electrons. The summed E-state index contributed by atoms with van der Waals surface area (Å²) in [6, 6.07) is 16.1. The van der Waals surface area contributed by atoms with Crippen LogP contribution in [0.2, 0.25) is 5.02 Å². The van der Waals surface area contributed by atoms with Gasteiger partial charge in [-0.1, -0.05) is 35.9 Å². The zero-order valence-electron chi connectivity index (χ0n) is 23.3. The van der Waals surface area contributed by atoms with Crippen molar-refractivity contribution in [3.63, 3.8) is 0 Å². The molecule has 3 aromatic rings. The lowest BCUT2D eigenvalue weighted by Gasteiger charge is -2.40. The Balaban J connectivity index is 1.37. The van der Waals surface area contributed by atoms with Gasteiger partial charge in [0.25, 0.3) is 0 Å². The van der Waals surface area contributed by atoms with E-state index >= 15 is 0 Å². The minimum absolute atomic E-state index is 0.212. The fourth-order valence-electron chi connectivity index (χ4n) is 5.48. The van der Waals surface area contributed by atoms with E-state index in [9.17, 15) is 9.90 Å². The first-order valence-electron chi connectivity index (χ1n) is 13.8. The molecule has 2 aliphatic rings. The molecule has 0 spiro atoms. The third kappa shape index (κ3) is 6.36. The number of rotatable bonds is 7. The molecule has 2 aliphatic heterocycles. The number of nitrogens with zero attached hydrogens (tertiary/aromatic N) is 2. The Morgan fingerprint density at radius 1 is 1.05 bits per heavy atom. The summed E-state index contributed by atoms with van der Waals surface area (Å²) in [5.41, 5.74) is 3.19. The minimum Gasteiger partial charge on any atom is -0.508 e. The zero-order chi connectivity index (χ0) is 27.7. The molecular formula is C31H39ClN4O3. The highest BCUT2D eigenvalue weighted by atomic mass is 35.5. The number of hydrogen-bond donors (Lipinski definition) is 3. The summed E-state index contributed by atoms with van der Waals surface area (Å²) in [6.45, 7) is 9.66. The lowest BCUT2D eigenvalue weighted by atomic mass is 9.96. The zero-order valence-corrected chi connectivity index (χ0v) is 24.0. The minimum atomic E-state index is -0.492. The van der Waals surface area contributed by atoms with Gasteiger partial charge >= 0.3 is 6.09 Å². The molecule has 5 rings (SSSR count). The van der Waals surface area contributed by atoms with Crippen LogP contribution in [0.5, 0.6) is 5.75 Å². The maximum atomic E-state index is 12.3. The van der Waals surface area contributed by atoms with Crippen molar-refractivity contribution >= 4 is 39.8 Å². The Hall–Kier alpha value is -3.16. The van der Waals surface area contributed by atoms with Crippen molar-refractivity contribution in [2.75, 3.05) is 50.4 Å². The van der Waals surface area contributed by atoms with E-state index in [2.05, 4.69) is 34.7 Å². The van der Waals surface area contributed by atoms with Gasteiger partial charge in [0.05, 0.1) is 16.4 Å². The van der Waals surface area contributed by atoms with Crippen molar-refractivity contribution in [1.82, 2.24) is 9.80 Å². The molecule has 39 heavy (non-hydrogen) atoms. The second-order valence-corrected chi connectivity index (χ2v) is 12.3. The van der Waals surface area contributed by atoms with E-state index in [0.29, 0.717) is 30.1 Å². The van der Waals surface area contributed by atoms with Gasteiger partial charge < -0.3 is 30.3 Å². The first-order valence-corrected chi connectivity index (χ1v) is 14.2. The molecule has 0 aromatic heterocycles. The third-order valence-electron chi connectivity index (χ3n) is 7.63. The molecule has 0 aliphatic carbocycles. The number of ether oxygens (including phenoxy) is 1. The highest BCUT2D eigenvalue weighted by molar-refractivity contribution is 6.34. The Morgan fingerprint density at radius 3 is 2.49 bits per heavy atom. The molecule has 2 fully saturated rings. The van der Waals surface area contributed by atoms with Crippen LogP contribution in [0.1, 0.15) is 33.6 Å². The third-order valence-corrected chi connectivity index (χ3v) is 7.95. The van der Waals surface area contributed by atoms with E-state index in [0.717, 1.165) is 52.9 Å². The van der Waals surface area contributed by atoms with E-state index < -0.39 is 5.60 Å². The highest BCUT2D eigenvalue weighted by Gasteiger charge is 2.33. The summed E-state index contributed by atoms with van der Waals surface area (Å²) in [5.74, 6) is 0.545. The van der Waals surface area contributed by atoms with Crippen molar-refractivity contribution in [2.45, 2.75) is 45.3 Å². The Labute approximate surface area is 236 Å². The summed E-state index contributed by atoms with van der Waals surface area (Å²) < 4.78 is 5.49. The summed E-state index contributed by atoms with van der Waals surface area (Å²) in [7, 11) is 2.18. The highest BCUT2D eigenvalue weighted by Crippen LogP contribution is 2.41.